The summed E-state index contributed by atoms with van der Waals surface area (Å²) in [5, 5.41) is 30.4. The molecule has 0 bridgehead atoms. The van der Waals surface area contributed by atoms with Gasteiger partial charge in [-0.1, -0.05) is 46.4 Å². The van der Waals surface area contributed by atoms with Crippen LogP contribution in [0.25, 0.3) is 11.6 Å². The number of anilines is 2. The lowest BCUT2D eigenvalue weighted by Crippen LogP contribution is -2.44. The zero-order valence-corrected chi connectivity index (χ0v) is 43.7. The van der Waals surface area contributed by atoms with E-state index in [4.69, 9.17) is 69.0 Å². The zero-order chi connectivity index (χ0) is 50.3. The van der Waals surface area contributed by atoms with Crippen molar-refractivity contribution in [3.05, 3.63) is 136 Å². The summed E-state index contributed by atoms with van der Waals surface area (Å²) in [5.74, 6) is -0.695. The molecule has 0 atom stereocenters. The lowest BCUT2D eigenvalue weighted by Gasteiger charge is -2.30. The Morgan fingerprint density at radius 2 is 1.12 bits per heavy atom. The number of aromatic nitrogens is 6. The second kappa shape index (κ2) is 22.5. The maximum absolute atomic E-state index is 13.3. The summed E-state index contributed by atoms with van der Waals surface area (Å²) in [4.78, 5) is 60.9. The Bertz CT molecular complexity index is 2980. The fraction of sp³-hybridized carbons (Fsp3) is 0.227. The molecule has 6 aromatic rings. The molecule has 0 saturated heterocycles. The van der Waals surface area contributed by atoms with Crippen molar-refractivity contribution in [3.8, 4) is 23.8 Å². The van der Waals surface area contributed by atoms with Crippen molar-refractivity contribution >= 4 is 124 Å². The molecular formula is C44H39Br2Cl5N12O4. The second-order valence-electron chi connectivity index (χ2n) is 15.3. The third kappa shape index (κ3) is 12.9. The summed E-state index contributed by atoms with van der Waals surface area (Å²) in [6, 6.07) is 20.1. The van der Waals surface area contributed by atoms with E-state index in [0.29, 0.717) is 51.9 Å². The molecule has 2 aromatic carbocycles. The average molecular weight is 1140 g/mol. The fourth-order valence-corrected chi connectivity index (χ4v) is 7.44. The van der Waals surface area contributed by atoms with Crippen molar-refractivity contribution in [1.82, 2.24) is 39.3 Å². The van der Waals surface area contributed by atoms with Gasteiger partial charge in [-0.25, -0.2) is 19.3 Å². The van der Waals surface area contributed by atoms with Gasteiger partial charge in [0.2, 0.25) is 0 Å². The highest BCUT2D eigenvalue weighted by Crippen LogP contribution is 2.31. The molecule has 6 rings (SSSR count). The molecule has 23 heteroatoms. The number of hydrogen-bond donors (Lipinski definition) is 2. The third-order valence-corrected chi connectivity index (χ3v) is 11.9. The summed E-state index contributed by atoms with van der Waals surface area (Å²) in [7, 11) is 3.09. The van der Waals surface area contributed by atoms with Crippen molar-refractivity contribution in [2.45, 2.75) is 52.6 Å². The number of nitrogens with zero attached hydrogens (tertiary/aromatic N) is 10. The molecule has 0 aliphatic carbocycles. The highest BCUT2D eigenvalue weighted by atomic mass is 79.9. The maximum atomic E-state index is 13.3. The Labute approximate surface area is 427 Å². The third-order valence-electron chi connectivity index (χ3n) is 9.86. The van der Waals surface area contributed by atoms with Gasteiger partial charge in [-0.15, -0.1) is 0 Å². The summed E-state index contributed by atoms with van der Waals surface area (Å²) < 4.78 is 3.48. The van der Waals surface area contributed by atoms with Gasteiger partial charge in [0.15, 0.2) is 11.6 Å². The number of carbonyl (C=O) groups excluding carboxylic acids is 4. The number of benzene rings is 2. The number of carbonyl (C=O) groups is 4. The number of halogens is 7. The van der Waals surface area contributed by atoms with E-state index in [-0.39, 0.29) is 34.4 Å². The summed E-state index contributed by atoms with van der Waals surface area (Å²) in [5.41, 5.74) is 6.71. The SMILES string of the molecule is Cc1cc(Cl)cc(C(=O)N(C)C(C)(C)C#N)c1N.Cc1cc(Cl)cc(C(=O)N(C)C(C)(C)C#N)c1NC(=O)c1cc(Br)nn1-c1ncccc1Cl.O=C(Cl)c1cc(Br)nn1-c1ncccc1Cl. The Morgan fingerprint density at radius 3 is 1.57 bits per heavy atom. The molecule has 3 N–H and O–H groups in total. The van der Waals surface area contributed by atoms with E-state index in [2.05, 4.69) is 69.5 Å². The lowest BCUT2D eigenvalue weighted by atomic mass is 10.0. The van der Waals surface area contributed by atoms with Crippen LogP contribution in [0.3, 0.4) is 0 Å². The predicted octanol–water partition coefficient (Wildman–Crippen LogP) is 10.9. The predicted molar refractivity (Wildman–Crippen MR) is 267 cm³/mol. The van der Waals surface area contributed by atoms with E-state index in [0.717, 1.165) is 5.56 Å². The number of pyridine rings is 2. The summed E-state index contributed by atoms with van der Waals surface area (Å²) in [6.07, 6.45) is 3.09. The Hall–Kier alpha value is -5.57. The molecule has 4 heterocycles. The van der Waals surface area contributed by atoms with Crippen LogP contribution in [0.4, 0.5) is 11.4 Å². The van der Waals surface area contributed by atoms with Gasteiger partial charge in [0.05, 0.1) is 39.0 Å². The first-order valence-electron chi connectivity index (χ1n) is 19.2. The normalized spacial score (nSPS) is 10.9. The number of nitrogens with two attached hydrogens (primary N) is 1. The van der Waals surface area contributed by atoms with Gasteiger partial charge < -0.3 is 20.9 Å². The lowest BCUT2D eigenvalue weighted by molar-refractivity contribution is 0.0690. The number of aryl methyl sites for hydroxylation is 2. The van der Waals surface area contributed by atoms with Crippen LogP contribution < -0.4 is 11.1 Å². The quantitative estimate of drug-likeness (QED) is 0.102. The van der Waals surface area contributed by atoms with Crippen molar-refractivity contribution in [2.75, 3.05) is 25.1 Å². The molecule has 0 aliphatic rings. The number of rotatable bonds is 9. The molecule has 0 fully saturated rings. The van der Waals surface area contributed by atoms with Crippen molar-refractivity contribution in [2.24, 2.45) is 0 Å². The molecule has 3 amide bonds. The first-order chi connectivity index (χ1) is 31.3. The molecule has 0 spiro atoms. The Balaban J connectivity index is 0.000000242. The second-order valence-corrected chi connectivity index (χ2v) is 18.9. The van der Waals surface area contributed by atoms with Crippen molar-refractivity contribution < 1.29 is 19.2 Å². The summed E-state index contributed by atoms with van der Waals surface area (Å²) >= 11 is 36.2. The minimum atomic E-state index is -1.08. The number of nitrogens with one attached hydrogen (secondary N) is 1. The highest BCUT2D eigenvalue weighted by Gasteiger charge is 2.32. The number of hydrogen-bond acceptors (Lipinski definition) is 11. The standard InChI is InChI=1S/C22H19BrCl2N6O2.C13H16ClN3O.C9H4BrCl2N3O/c1-12-8-13(24)9-14(21(33)30(4)22(2,3)11-26)18(12)28-20(32)16-10-17(23)29-31(16)19-15(25)6-5-7-27-19;1-8-5-9(14)6-10(11(8)16)12(18)17(4)13(2,3)7-15;10-7-4-6(8(12)16)15(14-7)9-5(11)2-1-3-13-9/h5-10H,1-4H3,(H,28,32);5-6H,16H2,1-4H3;1-4H. The van der Waals surface area contributed by atoms with Crippen LogP contribution in [-0.4, -0.2) is 87.5 Å². The first kappa shape index (κ1) is 54.0. The number of amides is 3. The van der Waals surface area contributed by atoms with Gasteiger partial charge in [-0.2, -0.15) is 20.7 Å². The molecule has 0 unspecified atom stereocenters. The summed E-state index contributed by atoms with van der Waals surface area (Å²) in [6.45, 7) is 10.1. The van der Waals surface area contributed by atoms with E-state index >= 15 is 0 Å². The van der Waals surface area contributed by atoms with Gasteiger partial charge in [0, 0.05) is 54.4 Å². The smallest absolute Gasteiger partial charge is 0.274 e. The van der Waals surface area contributed by atoms with E-state index in [1.54, 1.807) is 91.2 Å². The maximum Gasteiger partial charge on any atom is 0.274 e. The van der Waals surface area contributed by atoms with Crippen LogP contribution in [0.2, 0.25) is 20.1 Å². The van der Waals surface area contributed by atoms with E-state index in [9.17, 15) is 24.4 Å². The van der Waals surface area contributed by atoms with Gasteiger partial charge in [0.25, 0.3) is 23.0 Å². The first-order valence-corrected chi connectivity index (χ1v) is 22.7. The van der Waals surface area contributed by atoms with Gasteiger partial charge in [0.1, 0.15) is 31.7 Å². The van der Waals surface area contributed by atoms with Crippen molar-refractivity contribution in [1.29, 1.82) is 10.5 Å². The number of nitrogen functional groups attached to an aromatic ring is 1. The topological polar surface area (TPSA) is 222 Å². The number of nitriles is 2. The molecule has 348 valence electrons. The van der Waals surface area contributed by atoms with Crippen LogP contribution in [-0.2, 0) is 0 Å². The van der Waals surface area contributed by atoms with Gasteiger partial charge >= 0.3 is 0 Å². The molecule has 16 nitrogen and oxygen atoms in total. The molecule has 0 radical (unpaired) electrons. The highest BCUT2D eigenvalue weighted by molar-refractivity contribution is 9.10. The average Bonchev–Trinajstić information content (AvgIpc) is 3.87. The van der Waals surface area contributed by atoms with Crippen LogP contribution in [0, 0.1) is 36.5 Å². The zero-order valence-electron chi connectivity index (χ0n) is 36.8. The Morgan fingerprint density at radius 1 is 0.701 bits per heavy atom. The van der Waals surface area contributed by atoms with Crippen LogP contribution >= 0.6 is 89.9 Å². The molecule has 0 saturated carbocycles. The largest absolute Gasteiger partial charge is 0.398 e. The van der Waals surface area contributed by atoms with E-state index in [1.807, 2.05) is 0 Å². The van der Waals surface area contributed by atoms with Crippen molar-refractivity contribution in [3.63, 3.8) is 0 Å². The monoisotopic (exact) mass is 1130 g/mol. The van der Waals surface area contributed by atoms with Gasteiger partial charge in [-0.05, 0) is 145 Å². The molecule has 0 aliphatic heterocycles. The van der Waals surface area contributed by atoms with Crippen LogP contribution in [0.15, 0.2) is 82.3 Å². The van der Waals surface area contributed by atoms with E-state index in [1.165, 1.54) is 56.7 Å². The Kier molecular flexibility index (Phi) is 18.1. The fourth-order valence-electron chi connectivity index (χ4n) is 5.60. The van der Waals surface area contributed by atoms with Crippen LogP contribution in [0.5, 0.6) is 0 Å². The minimum absolute atomic E-state index is 0.140. The minimum Gasteiger partial charge on any atom is -0.398 e. The van der Waals surface area contributed by atoms with E-state index < -0.39 is 28.1 Å². The van der Waals surface area contributed by atoms with Crippen LogP contribution in [0.1, 0.15) is 80.5 Å². The molecule has 4 aromatic heterocycles. The van der Waals surface area contributed by atoms with Gasteiger partial charge in [-0.3, -0.25) is 19.2 Å². The molecule has 67 heavy (non-hydrogen) atoms. The molecular weight excluding hydrogens is 1100 g/mol.